The van der Waals surface area contributed by atoms with E-state index in [-0.39, 0.29) is 12.0 Å². The molecule has 0 saturated heterocycles. The third-order valence-electron chi connectivity index (χ3n) is 7.34. The zero-order chi connectivity index (χ0) is 26.7. The monoisotopic (exact) mass is 521 g/mol. The Kier molecular flexibility index (Phi) is 11.3. The molecule has 3 rings (SSSR count). The predicted molar refractivity (Wildman–Crippen MR) is 142 cm³/mol. The number of anilines is 1. The van der Waals surface area contributed by atoms with Crippen LogP contribution in [0, 0.1) is 0 Å². The Labute approximate surface area is 219 Å². The van der Waals surface area contributed by atoms with E-state index >= 15 is 0 Å². The molecular weight excluding hydrogens is 479 g/mol. The summed E-state index contributed by atoms with van der Waals surface area (Å²) in [5.41, 5.74) is 1.51. The lowest BCUT2D eigenvalue weighted by Gasteiger charge is -2.20. The summed E-state index contributed by atoms with van der Waals surface area (Å²) in [4.78, 5) is 16.6. The van der Waals surface area contributed by atoms with E-state index in [1.54, 1.807) is 12.1 Å². The molecule has 0 amide bonds. The van der Waals surface area contributed by atoms with Crippen LogP contribution in [0.3, 0.4) is 0 Å². The Bertz CT molecular complexity index is 988. The van der Waals surface area contributed by atoms with Crippen LogP contribution in [0.25, 0.3) is 5.69 Å². The molecule has 0 aliphatic carbocycles. The Balaban J connectivity index is 1.38. The van der Waals surface area contributed by atoms with Gasteiger partial charge in [-0.15, -0.1) is 0 Å². The van der Waals surface area contributed by atoms with Crippen molar-refractivity contribution in [2.24, 2.45) is 0 Å². The van der Waals surface area contributed by atoms with Gasteiger partial charge in [0, 0.05) is 18.8 Å². The molecule has 0 radical (unpaired) electrons. The minimum atomic E-state index is -4.79. The lowest BCUT2D eigenvalue weighted by molar-refractivity contribution is -0.146. The number of imidazole rings is 1. The average molecular weight is 522 g/mol. The molecule has 0 fully saturated rings. The molecule has 206 valence electrons. The van der Waals surface area contributed by atoms with Gasteiger partial charge in [0.25, 0.3) is 0 Å². The first kappa shape index (κ1) is 29.1. The molecule has 5 nitrogen and oxygen atoms in total. The number of benzene rings is 1. The maximum absolute atomic E-state index is 13.4. The molecule has 8 heteroatoms. The zero-order valence-electron chi connectivity index (χ0n) is 22.2. The lowest BCUT2D eigenvalue weighted by atomic mass is 10.0. The van der Waals surface area contributed by atoms with Gasteiger partial charge >= 0.3 is 6.18 Å². The Hall–Kier alpha value is -2.51. The molecule has 1 aliphatic rings. The number of unbranched alkanes of at least 4 members (excludes halogenated alkanes) is 13. The molecule has 1 aromatic carbocycles. The van der Waals surface area contributed by atoms with Crippen LogP contribution in [0.5, 0.6) is 5.88 Å². The number of hydrogen-bond acceptors (Lipinski definition) is 4. The summed E-state index contributed by atoms with van der Waals surface area (Å²) in [7, 11) is 0. The molecule has 37 heavy (non-hydrogen) atoms. The average Bonchev–Trinajstić information content (AvgIpc) is 3.44. The largest absolute Gasteiger partial charge is 0.493 e. The molecule has 2 heterocycles. The van der Waals surface area contributed by atoms with Crippen LogP contribution in [-0.4, -0.2) is 34.0 Å². The quantitative estimate of drug-likeness (QED) is 0.168. The van der Waals surface area contributed by atoms with Crippen molar-refractivity contribution in [2.75, 3.05) is 18.0 Å². The first-order valence-electron chi connectivity index (χ1n) is 14.1. The van der Waals surface area contributed by atoms with Gasteiger partial charge < -0.3 is 10.0 Å². The maximum atomic E-state index is 13.4. The Morgan fingerprint density at radius 1 is 0.919 bits per heavy atom. The third-order valence-corrected chi connectivity index (χ3v) is 7.34. The van der Waals surface area contributed by atoms with Crippen molar-refractivity contribution in [3.05, 3.63) is 35.3 Å². The molecule has 0 unspecified atom stereocenters. The second kappa shape index (κ2) is 14.4. The summed E-state index contributed by atoms with van der Waals surface area (Å²) in [6.45, 7) is 4.02. The molecule has 1 aromatic heterocycles. The van der Waals surface area contributed by atoms with Crippen molar-refractivity contribution in [2.45, 2.75) is 109 Å². The molecule has 0 saturated carbocycles. The van der Waals surface area contributed by atoms with Gasteiger partial charge in [-0.2, -0.15) is 13.2 Å². The van der Waals surface area contributed by atoms with Crippen LogP contribution in [0.2, 0.25) is 0 Å². The summed E-state index contributed by atoms with van der Waals surface area (Å²) in [6.07, 6.45) is 14.5. The summed E-state index contributed by atoms with van der Waals surface area (Å²) in [5, 5.41) is 10.2. The van der Waals surface area contributed by atoms with Gasteiger partial charge in [0.15, 0.2) is 12.0 Å². The number of halogens is 3. The van der Waals surface area contributed by atoms with E-state index in [9.17, 15) is 23.1 Å². The fourth-order valence-electron chi connectivity index (χ4n) is 5.27. The van der Waals surface area contributed by atoms with Gasteiger partial charge in [-0.05, 0) is 36.6 Å². The van der Waals surface area contributed by atoms with Crippen LogP contribution < -0.4 is 4.90 Å². The fourth-order valence-corrected chi connectivity index (χ4v) is 5.27. The fraction of sp³-hybridized carbons (Fsp3) is 0.655. The highest BCUT2D eigenvalue weighted by molar-refractivity contribution is 5.76. The van der Waals surface area contributed by atoms with Crippen molar-refractivity contribution in [1.82, 2.24) is 9.55 Å². The van der Waals surface area contributed by atoms with Crippen LogP contribution >= 0.6 is 0 Å². The van der Waals surface area contributed by atoms with E-state index in [0.717, 1.165) is 37.2 Å². The number of fused-ring (bicyclic) bond motifs is 1. The summed E-state index contributed by atoms with van der Waals surface area (Å²) < 4.78 is 41.0. The van der Waals surface area contributed by atoms with Crippen LogP contribution in [0.1, 0.15) is 119 Å². The Morgan fingerprint density at radius 2 is 1.49 bits per heavy atom. The van der Waals surface area contributed by atoms with Crippen molar-refractivity contribution in [3.8, 4) is 11.6 Å². The maximum Gasteiger partial charge on any atom is 0.450 e. The van der Waals surface area contributed by atoms with Crippen molar-refractivity contribution in [1.29, 1.82) is 0 Å². The van der Waals surface area contributed by atoms with Crippen molar-refractivity contribution in [3.63, 3.8) is 0 Å². The van der Waals surface area contributed by atoms with Crippen molar-refractivity contribution >= 4 is 12.0 Å². The van der Waals surface area contributed by atoms with Gasteiger partial charge in [-0.3, -0.25) is 9.36 Å². The minimum absolute atomic E-state index is 0.132. The molecule has 0 spiro atoms. The second-order valence-corrected chi connectivity index (χ2v) is 10.2. The standard InChI is InChI=1S/C29H42F3N3O2/c1-2-3-4-5-6-7-8-9-10-11-12-13-14-15-19-34-20-18-23-21-24(16-17-26(23)34)35-27(37)25(22-36)33-28(35)29(30,31)32/h16-17,21-22,37H,2-15,18-20H2,1H3. The molecule has 2 aromatic rings. The number of alkyl halides is 3. The number of carbonyl (C=O) groups is 1. The number of aldehydes is 1. The van der Waals surface area contributed by atoms with Gasteiger partial charge in [-0.25, -0.2) is 4.98 Å². The molecule has 1 aliphatic heterocycles. The summed E-state index contributed by atoms with van der Waals surface area (Å²) in [5.74, 6) is -2.09. The SMILES string of the molecule is CCCCCCCCCCCCCCCCN1CCc2cc(-n3c(C(F)(F)F)nc(C=O)c3O)ccc21. The van der Waals surface area contributed by atoms with Gasteiger partial charge in [0.05, 0.1) is 5.69 Å². The number of nitrogens with zero attached hydrogens (tertiary/aromatic N) is 3. The highest BCUT2D eigenvalue weighted by Gasteiger charge is 2.40. The van der Waals surface area contributed by atoms with E-state index < -0.39 is 23.6 Å². The lowest BCUT2D eigenvalue weighted by Crippen LogP contribution is -2.21. The van der Waals surface area contributed by atoms with Crippen molar-refractivity contribution < 1.29 is 23.1 Å². The van der Waals surface area contributed by atoms with Crippen LogP contribution in [-0.2, 0) is 12.6 Å². The Morgan fingerprint density at radius 3 is 2.03 bits per heavy atom. The summed E-state index contributed by atoms with van der Waals surface area (Å²) in [6, 6.07) is 5.01. The number of hydrogen-bond donors (Lipinski definition) is 1. The van der Waals surface area contributed by atoms with E-state index in [4.69, 9.17) is 0 Å². The first-order chi connectivity index (χ1) is 17.9. The number of aromatic hydroxyl groups is 1. The number of carbonyl (C=O) groups excluding carboxylic acids is 1. The predicted octanol–water partition coefficient (Wildman–Crippen LogP) is 8.25. The molecule has 1 N–H and O–H groups in total. The minimum Gasteiger partial charge on any atom is -0.493 e. The first-order valence-corrected chi connectivity index (χ1v) is 14.1. The van der Waals surface area contributed by atoms with E-state index in [1.807, 2.05) is 6.07 Å². The topological polar surface area (TPSA) is 58.4 Å². The van der Waals surface area contributed by atoms with E-state index in [0.29, 0.717) is 4.57 Å². The van der Waals surface area contributed by atoms with Gasteiger partial charge in [-0.1, -0.05) is 90.4 Å². The highest BCUT2D eigenvalue weighted by atomic mass is 19.4. The van der Waals surface area contributed by atoms with Gasteiger partial charge in [0.2, 0.25) is 11.7 Å². The van der Waals surface area contributed by atoms with E-state index in [1.165, 1.54) is 83.5 Å². The third kappa shape index (κ3) is 8.24. The highest BCUT2D eigenvalue weighted by Crippen LogP contribution is 2.37. The molecule has 0 atom stereocenters. The van der Waals surface area contributed by atoms with Crippen LogP contribution in [0.15, 0.2) is 18.2 Å². The zero-order valence-corrected chi connectivity index (χ0v) is 22.2. The summed E-state index contributed by atoms with van der Waals surface area (Å²) >= 11 is 0. The number of aromatic nitrogens is 2. The molecular formula is C29H42F3N3O2. The smallest absolute Gasteiger partial charge is 0.450 e. The molecule has 0 bridgehead atoms. The van der Waals surface area contributed by atoms with Crippen LogP contribution in [0.4, 0.5) is 18.9 Å². The van der Waals surface area contributed by atoms with Gasteiger partial charge in [0.1, 0.15) is 0 Å². The second-order valence-electron chi connectivity index (χ2n) is 10.2. The number of rotatable bonds is 17. The normalized spacial score (nSPS) is 13.4. The van der Waals surface area contributed by atoms with E-state index in [2.05, 4.69) is 16.8 Å².